The van der Waals surface area contributed by atoms with Gasteiger partial charge in [0.2, 0.25) is 11.8 Å². The first kappa shape index (κ1) is 29.0. The monoisotopic (exact) mass is 561 g/mol. The number of rotatable bonds is 13. The molecule has 210 valence electrons. The minimum Gasteiger partial charge on any atom is -0.354 e. The van der Waals surface area contributed by atoms with Crippen LogP contribution in [0, 0.1) is 0 Å². The Hall–Kier alpha value is -3.98. The summed E-state index contributed by atoms with van der Waals surface area (Å²) in [5, 5.41) is 2.99. The molecule has 1 N–H and O–H groups in total. The number of amides is 3. The van der Waals surface area contributed by atoms with Crippen LogP contribution in [0.2, 0.25) is 0 Å². The summed E-state index contributed by atoms with van der Waals surface area (Å²) in [5.41, 5.74) is 1.95. The summed E-state index contributed by atoms with van der Waals surface area (Å²) >= 11 is 0. The number of nitrogens with zero attached hydrogens (tertiary/aromatic N) is 2. The molecule has 0 fully saturated rings. The molecule has 40 heavy (non-hydrogen) atoms. The molecule has 0 aliphatic carbocycles. The standard InChI is InChI=1S/C31H35N3O5S/c1-2-3-20-32-30(36)27(22-24-13-6-4-7-14-24)33(23-25-15-8-5-9-16-25)29(35)19-12-21-34-31(37)26-17-10-11-18-28(26)40(34,38)39/h4-11,13-18,27H,2-3,12,19-23H2,1H3,(H,32,36)/t27-/m0/s1. The van der Waals surface area contributed by atoms with Crippen molar-refractivity contribution in [3.8, 4) is 0 Å². The van der Waals surface area contributed by atoms with Gasteiger partial charge >= 0.3 is 0 Å². The van der Waals surface area contributed by atoms with E-state index < -0.39 is 22.0 Å². The molecule has 1 aliphatic rings. The lowest BCUT2D eigenvalue weighted by atomic mass is 10.0. The number of hydrogen-bond acceptors (Lipinski definition) is 5. The maximum atomic E-state index is 13.7. The van der Waals surface area contributed by atoms with Crippen LogP contribution in [0.15, 0.2) is 89.8 Å². The molecule has 1 heterocycles. The normalized spacial score (nSPS) is 14.4. The molecule has 9 heteroatoms. The number of benzene rings is 3. The molecule has 0 saturated heterocycles. The van der Waals surface area contributed by atoms with Crippen LogP contribution in [0.1, 0.15) is 54.1 Å². The highest BCUT2D eigenvalue weighted by molar-refractivity contribution is 7.90. The molecule has 0 saturated carbocycles. The van der Waals surface area contributed by atoms with Gasteiger partial charge in [-0.15, -0.1) is 0 Å². The van der Waals surface area contributed by atoms with E-state index in [1.165, 1.54) is 12.1 Å². The van der Waals surface area contributed by atoms with E-state index in [0.717, 1.165) is 28.3 Å². The van der Waals surface area contributed by atoms with Crippen molar-refractivity contribution in [3.63, 3.8) is 0 Å². The van der Waals surface area contributed by atoms with Crippen LogP contribution in [-0.2, 0) is 32.6 Å². The summed E-state index contributed by atoms with van der Waals surface area (Å²) in [6.07, 6.45) is 2.22. The number of hydrogen-bond donors (Lipinski definition) is 1. The van der Waals surface area contributed by atoms with Gasteiger partial charge in [-0.05, 0) is 36.1 Å². The van der Waals surface area contributed by atoms with Gasteiger partial charge < -0.3 is 10.2 Å². The molecular formula is C31H35N3O5S. The van der Waals surface area contributed by atoms with Crippen LogP contribution in [0.4, 0.5) is 0 Å². The van der Waals surface area contributed by atoms with Crippen LogP contribution in [0.25, 0.3) is 0 Å². The molecule has 3 aromatic carbocycles. The predicted molar refractivity (Wildman–Crippen MR) is 153 cm³/mol. The van der Waals surface area contributed by atoms with Crippen molar-refractivity contribution in [2.45, 2.75) is 56.5 Å². The molecule has 0 unspecified atom stereocenters. The fourth-order valence-corrected chi connectivity index (χ4v) is 6.42. The summed E-state index contributed by atoms with van der Waals surface area (Å²) in [4.78, 5) is 41.6. The van der Waals surface area contributed by atoms with Gasteiger partial charge in [-0.1, -0.05) is 86.1 Å². The van der Waals surface area contributed by atoms with Crippen molar-refractivity contribution in [1.29, 1.82) is 0 Å². The number of fused-ring (bicyclic) bond motifs is 1. The molecule has 1 aliphatic heterocycles. The SMILES string of the molecule is CCCCNC(=O)[C@H](Cc1ccccc1)N(Cc1ccccc1)C(=O)CCCN1C(=O)c2ccccc2S1(=O)=O. The highest BCUT2D eigenvalue weighted by Crippen LogP contribution is 2.30. The zero-order chi connectivity index (χ0) is 28.5. The van der Waals surface area contributed by atoms with Gasteiger partial charge in [-0.25, -0.2) is 12.7 Å². The minimum atomic E-state index is -3.95. The fraction of sp³-hybridized carbons (Fsp3) is 0.323. The van der Waals surface area contributed by atoms with E-state index in [4.69, 9.17) is 0 Å². The van der Waals surface area contributed by atoms with Gasteiger partial charge in [-0.2, -0.15) is 0 Å². The van der Waals surface area contributed by atoms with Crippen LogP contribution in [-0.4, -0.2) is 54.5 Å². The number of carbonyl (C=O) groups is 3. The second kappa shape index (κ2) is 13.4. The van der Waals surface area contributed by atoms with Gasteiger partial charge in [0.1, 0.15) is 10.9 Å². The zero-order valence-electron chi connectivity index (χ0n) is 22.7. The van der Waals surface area contributed by atoms with E-state index in [1.807, 2.05) is 67.6 Å². The molecule has 8 nitrogen and oxygen atoms in total. The fourth-order valence-electron chi connectivity index (χ4n) is 4.81. The quantitative estimate of drug-likeness (QED) is 0.316. The summed E-state index contributed by atoms with van der Waals surface area (Å²) in [7, 11) is -3.95. The maximum Gasteiger partial charge on any atom is 0.269 e. The van der Waals surface area contributed by atoms with Crippen molar-refractivity contribution < 1.29 is 22.8 Å². The highest BCUT2D eigenvalue weighted by Gasteiger charge is 2.40. The number of nitrogens with one attached hydrogen (secondary N) is 1. The number of sulfonamides is 1. The van der Waals surface area contributed by atoms with Gasteiger partial charge in [0.25, 0.3) is 15.9 Å². The van der Waals surface area contributed by atoms with E-state index in [0.29, 0.717) is 13.0 Å². The second-order valence-electron chi connectivity index (χ2n) is 9.84. The van der Waals surface area contributed by atoms with Gasteiger partial charge in [0.15, 0.2) is 0 Å². The smallest absolute Gasteiger partial charge is 0.269 e. The lowest BCUT2D eigenvalue weighted by Gasteiger charge is -2.32. The van der Waals surface area contributed by atoms with E-state index in [-0.39, 0.29) is 48.2 Å². The molecule has 4 rings (SSSR count). The van der Waals surface area contributed by atoms with Gasteiger partial charge in [-0.3, -0.25) is 14.4 Å². The lowest BCUT2D eigenvalue weighted by molar-refractivity contribution is -0.141. The Morgan fingerprint density at radius 2 is 1.50 bits per heavy atom. The molecule has 0 aromatic heterocycles. The Kier molecular flexibility index (Phi) is 9.71. The molecular weight excluding hydrogens is 526 g/mol. The van der Waals surface area contributed by atoms with E-state index >= 15 is 0 Å². The number of carbonyl (C=O) groups excluding carboxylic acids is 3. The van der Waals surface area contributed by atoms with Crippen molar-refractivity contribution in [2.75, 3.05) is 13.1 Å². The van der Waals surface area contributed by atoms with E-state index in [9.17, 15) is 22.8 Å². The van der Waals surface area contributed by atoms with Crippen molar-refractivity contribution in [3.05, 3.63) is 102 Å². The summed E-state index contributed by atoms with van der Waals surface area (Å²) in [5.74, 6) is -1.09. The summed E-state index contributed by atoms with van der Waals surface area (Å²) < 4.78 is 26.7. The maximum absolute atomic E-state index is 13.7. The summed E-state index contributed by atoms with van der Waals surface area (Å²) in [6, 6.07) is 24.4. The van der Waals surface area contributed by atoms with Gasteiger partial charge in [0, 0.05) is 32.5 Å². The number of unbranched alkanes of at least 4 members (excludes halogenated alkanes) is 1. The first-order valence-corrected chi connectivity index (χ1v) is 15.1. The van der Waals surface area contributed by atoms with E-state index in [2.05, 4.69) is 5.32 Å². The molecule has 3 aromatic rings. The average Bonchev–Trinajstić information content (AvgIpc) is 3.16. The van der Waals surface area contributed by atoms with Crippen molar-refractivity contribution in [2.24, 2.45) is 0 Å². The largest absolute Gasteiger partial charge is 0.354 e. The minimum absolute atomic E-state index is 0.0105. The predicted octanol–water partition coefficient (Wildman–Crippen LogP) is 4.17. The lowest BCUT2D eigenvalue weighted by Crippen LogP contribution is -2.50. The highest BCUT2D eigenvalue weighted by atomic mass is 32.2. The Morgan fingerprint density at radius 3 is 2.15 bits per heavy atom. The third-order valence-electron chi connectivity index (χ3n) is 6.96. The first-order valence-electron chi connectivity index (χ1n) is 13.6. The Labute approximate surface area is 236 Å². The topological polar surface area (TPSA) is 104 Å². The third-order valence-corrected chi connectivity index (χ3v) is 8.80. The van der Waals surface area contributed by atoms with Crippen molar-refractivity contribution >= 4 is 27.7 Å². The Morgan fingerprint density at radius 1 is 0.875 bits per heavy atom. The molecule has 3 amide bonds. The molecule has 0 bridgehead atoms. The van der Waals surface area contributed by atoms with Crippen LogP contribution < -0.4 is 5.32 Å². The van der Waals surface area contributed by atoms with Crippen LogP contribution in [0.5, 0.6) is 0 Å². The first-order chi connectivity index (χ1) is 19.3. The average molecular weight is 562 g/mol. The zero-order valence-corrected chi connectivity index (χ0v) is 23.5. The van der Waals surface area contributed by atoms with Crippen LogP contribution in [0.3, 0.4) is 0 Å². The third kappa shape index (κ3) is 6.77. The second-order valence-corrected chi connectivity index (χ2v) is 11.7. The van der Waals surface area contributed by atoms with Crippen molar-refractivity contribution in [1.82, 2.24) is 14.5 Å². The van der Waals surface area contributed by atoms with Crippen LogP contribution >= 0.6 is 0 Å². The Balaban J connectivity index is 1.54. The summed E-state index contributed by atoms with van der Waals surface area (Å²) in [6.45, 7) is 2.67. The van der Waals surface area contributed by atoms with Gasteiger partial charge in [0.05, 0.1) is 5.56 Å². The molecule has 0 spiro atoms. The molecule has 0 radical (unpaired) electrons. The Bertz CT molecular complexity index is 1430. The van der Waals surface area contributed by atoms with E-state index in [1.54, 1.807) is 17.0 Å². The molecule has 1 atom stereocenters.